The van der Waals surface area contributed by atoms with Crippen molar-refractivity contribution in [2.45, 2.75) is 0 Å². The molecule has 0 saturated carbocycles. The summed E-state index contributed by atoms with van der Waals surface area (Å²) in [4.78, 5) is 9.92. The molecule has 5 nitrogen and oxygen atoms in total. The third-order valence-corrected chi connectivity index (χ3v) is 1.30. The van der Waals surface area contributed by atoms with Crippen LogP contribution in [0, 0.1) is 10.1 Å². The fourth-order valence-corrected chi connectivity index (χ4v) is 0.813. The lowest BCUT2D eigenvalue weighted by Gasteiger charge is -1.99. The summed E-state index contributed by atoms with van der Waals surface area (Å²) in [5, 5.41) is 13.7. The number of nitro benzene ring substituents is 1. The number of rotatable bonds is 3. The van der Waals surface area contributed by atoms with Crippen LogP contribution in [0.15, 0.2) is 29.4 Å². The zero-order valence-corrected chi connectivity index (χ0v) is 6.23. The first kappa shape index (κ1) is 8.19. The summed E-state index contributed by atoms with van der Waals surface area (Å²) in [6.07, 6.45) is 0. The summed E-state index contributed by atoms with van der Waals surface area (Å²) in [5.41, 5.74) is 2.77. The lowest BCUT2D eigenvalue weighted by molar-refractivity contribution is -0.384. The van der Waals surface area contributed by atoms with Crippen molar-refractivity contribution in [3.63, 3.8) is 0 Å². The minimum absolute atomic E-state index is 0.00935. The Balaban J connectivity index is 3.07. The van der Waals surface area contributed by atoms with Gasteiger partial charge in [-0.15, -0.1) is 0 Å². The Labute approximate surface area is 68.9 Å². The van der Waals surface area contributed by atoms with Crippen molar-refractivity contribution in [3.8, 4) is 0 Å². The maximum absolute atomic E-state index is 10.4. The Kier molecular flexibility index (Phi) is 2.37. The number of anilines is 1. The molecule has 0 spiro atoms. The smallest absolute Gasteiger partial charge is 0.272 e. The Morgan fingerprint density at radius 2 is 2.17 bits per heavy atom. The third kappa shape index (κ3) is 1.57. The largest absolute Gasteiger partial charge is 0.294 e. The average molecular weight is 165 g/mol. The molecular formula is C7H7N3O2. The number of benzene rings is 1. The Morgan fingerprint density at radius 3 is 2.75 bits per heavy atom. The average Bonchev–Trinajstić information content (AvgIpc) is 2.05. The van der Waals surface area contributed by atoms with Crippen LogP contribution in [0.4, 0.5) is 11.4 Å². The lowest BCUT2D eigenvalue weighted by Crippen LogP contribution is -1.94. The molecule has 0 amide bonds. The quantitative estimate of drug-likeness (QED) is 0.420. The third-order valence-electron chi connectivity index (χ3n) is 1.30. The molecule has 0 aliphatic rings. The van der Waals surface area contributed by atoms with Crippen molar-refractivity contribution in [2.75, 3.05) is 5.43 Å². The molecule has 62 valence electrons. The maximum Gasteiger partial charge on any atom is 0.294 e. The van der Waals surface area contributed by atoms with Crippen molar-refractivity contribution in [1.82, 2.24) is 0 Å². The first-order chi connectivity index (χ1) is 5.75. The highest BCUT2D eigenvalue weighted by Crippen LogP contribution is 2.22. The van der Waals surface area contributed by atoms with E-state index in [-0.39, 0.29) is 5.69 Å². The van der Waals surface area contributed by atoms with Crippen LogP contribution >= 0.6 is 0 Å². The Morgan fingerprint density at radius 1 is 1.50 bits per heavy atom. The number of nitro groups is 1. The van der Waals surface area contributed by atoms with Gasteiger partial charge in [0.25, 0.3) is 5.69 Å². The normalized spacial score (nSPS) is 9.00. The first-order valence-corrected chi connectivity index (χ1v) is 3.21. The molecule has 1 aromatic rings. The Bertz CT molecular complexity index is 311. The summed E-state index contributed by atoms with van der Waals surface area (Å²) in [7, 11) is 0. The van der Waals surface area contributed by atoms with E-state index in [0.717, 1.165) is 0 Å². The predicted octanol–water partition coefficient (Wildman–Crippen LogP) is 1.62. The summed E-state index contributed by atoms with van der Waals surface area (Å²) in [6, 6.07) is 6.23. The number of hydrogen-bond donors (Lipinski definition) is 1. The van der Waals surface area contributed by atoms with Crippen molar-refractivity contribution in [2.24, 2.45) is 5.10 Å². The summed E-state index contributed by atoms with van der Waals surface area (Å²) >= 11 is 0. The van der Waals surface area contributed by atoms with Crippen LogP contribution in [0.2, 0.25) is 0 Å². The fraction of sp³-hybridized carbons (Fsp3) is 0. The predicted molar refractivity (Wildman–Crippen MR) is 46.3 cm³/mol. The van der Waals surface area contributed by atoms with E-state index in [0.29, 0.717) is 5.69 Å². The molecule has 0 aromatic heterocycles. The molecule has 0 bridgehead atoms. The second-order valence-corrected chi connectivity index (χ2v) is 2.04. The van der Waals surface area contributed by atoms with Crippen molar-refractivity contribution in [1.29, 1.82) is 0 Å². The molecule has 5 heteroatoms. The summed E-state index contributed by atoms with van der Waals surface area (Å²) in [5.74, 6) is 0. The van der Waals surface area contributed by atoms with E-state index >= 15 is 0 Å². The molecule has 1 rings (SSSR count). The minimum Gasteiger partial charge on any atom is -0.272 e. The zero-order chi connectivity index (χ0) is 8.97. The minimum atomic E-state index is -0.479. The molecule has 0 fully saturated rings. The van der Waals surface area contributed by atoms with Gasteiger partial charge in [0.05, 0.1) is 4.92 Å². The van der Waals surface area contributed by atoms with Gasteiger partial charge >= 0.3 is 0 Å². The summed E-state index contributed by atoms with van der Waals surface area (Å²) < 4.78 is 0. The van der Waals surface area contributed by atoms with Gasteiger partial charge in [-0.05, 0) is 6.07 Å². The van der Waals surface area contributed by atoms with Gasteiger partial charge in [0.15, 0.2) is 0 Å². The van der Waals surface area contributed by atoms with Gasteiger partial charge in [0.1, 0.15) is 5.69 Å². The van der Waals surface area contributed by atoms with Crippen LogP contribution in [-0.2, 0) is 0 Å². The van der Waals surface area contributed by atoms with Gasteiger partial charge in [-0.1, -0.05) is 12.1 Å². The highest BCUT2D eigenvalue weighted by atomic mass is 16.6. The monoisotopic (exact) mass is 165 g/mol. The molecule has 0 atom stereocenters. The molecule has 0 aliphatic carbocycles. The molecule has 0 heterocycles. The molecule has 0 saturated heterocycles. The van der Waals surface area contributed by atoms with Crippen LogP contribution in [0.1, 0.15) is 0 Å². The number of nitrogens with one attached hydrogen (secondary N) is 1. The van der Waals surface area contributed by atoms with Gasteiger partial charge < -0.3 is 0 Å². The molecular weight excluding hydrogens is 158 g/mol. The zero-order valence-electron chi connectivity index (χ0n) is 6.23. The van der Waals surface area contributed by atoms with Gasteiger partial charge in [0, 0.05) is 12.8 Å². The van der Waals surface area contributed by atoms with Crippen molar-refractivity contribution in [3.05, 3.63) is 34.4 Å². The first-order valence-electron chi connectivity index (χ1n) is 3.21. The van der Waals surface area contributed by atoms with Crippen molar-refractivity contribution >= 4 is 18.1 Å². The van der Waals surface area contributed by atoms with Gasteiger partial charge in [0.2, 0.25) is 0 Å². The lowest BCUT2D eigenvalue weighted by atomic mass is 10.3. The Hall–Kier alpha value is -1.91. The number of nitrogens with zero attached hydrogens (tertiary/aromatic N) is 2. The number of hydrazone groups is 1. The van der Waals surface area contributed by atoms with Crippen LogP contribution in [0.25, 0.3) is 0 Å². The van der Waals surface area contributed by atoms with Crippen LogP contribution in [0.3, 0.4) is 0 Å². The molecule has 1 N–H and O–H groups in total. The van der Waals surface area contributed by atoms with E-state index in [1.54, 1.807) is 18.2 Å². The molecule has 12 heavy (non-hydrogen) atoms. The van der Waals surface area contributed by atoms with Gasteiger partial charge in [-0.25, -0.2) is 0 Å². The molecule has 0 unspecified atom stereocenters. The van der Waals surface area contributed by atoms with E-state index in [1.807, 2.05) is 0 Å². The fourth-order valence-electron chi connectivity index (χ4n) is 0.813. The van der Waals surface area contributed by atoms with Gasteiger partial charge in [-0.2, -0.15) is 5.10 Å². The van der Waals surface area contributed by atoms with Crippen LogP contribution < -0.4 is 5.43 Å². The molecule has 0 aliphatic heterocycles. The summed E-state index contributed by atoms with van der Waals surface area (Å²) in [6.45, 7) is 3.17. The second kappa shape index (κ2) is 3.47. The number of hydrogen-bond acceptors (Lipinski definition) is 4. The standard InChI is InChI=1S/C7H7N3O2/c1-8-9-6-4-2-3-5-7(6)10(11)12/h2-5,9H,1H2. The molecule has 0 radical (unpaired) electrons. The topological polar surface area (TPSA) is 67.5 Å². The van der Waals surface area contributed by atoms with E-state index in [9.17, 15) is 10.1 Å². The SMILES string of the molecule is C=NNc1ccccc1[N+](=O)[O-]. The van der Waals surface area contributed by atoms with E-state index in [1.165, 1.54) is 6.07 Å². The van der Waals surface area contributed by atoms with Crippen LogP contribution in [-0.4, -0.2) is 11.6 Å². The van der Waals surface area contributed by atoms with E-state index < -0.39 is 4.92 Å². The van der Waals surface area contributed by atoms with Crippen molar-refractivity contribution < 1.29 is 4.92 Å². The highest BCUT2D eigenvalue weighted by molar-refractivity contribution is 5.61. The number of para-hydroxylation sites is 2. The van der Waals surface area contributed by atoms with E-state index in [4.69, 9.17) is 0 Å². The maximum atomic E-state index is 10.4. The van der Waals surface area contributed by atoms with Crippen LogP contribution in [0.5, 0.6) is 0 Å². The van der Waals surface area contributed by atoms with E-state index in [2.05, 4.69) is 17.2 Å². The molecule has 1 aromatic carbocycles. The second-order valence-electron chi connectivity index (χ2n) is 2.04. The highest BCUT2D eigenvalue weighted by Gasteiger charge is 2.10. The van der Waals surface area contributed by atoms with Gasteiger partial charge in [-0.3, -0.25) is 15.5 Å².